The van der Waals surface area contributed by atoms with Crippen molar-refractivity contribution in [2.45, 2.75) is 23.8 Å². The van der Waals surface area contributed by atoms with E-state index in [1.54, 1.807) is 12.1 Å². The topological polar surface area (TPSA) is 115 Å². The Kier molecular flexibility index (Phi) is 4.12. The SMILES string of the molecule is Nc1c(NC2CCS(=O)CC2)cccc1S(N)(=O)=O. The molecule has 1 aromatic carbocycles. The summed E-state index contributed by atoms with van der Waals surface area (Å²) in [5.41, 5.74) is 6.53. The summed E-state index contributed by atoms with van der Waals surface area (Å²) < 4.78 is 34.0. The minimum absolute atomic E-state index is 0.0723. The zero-order valence-corrected chi connectivity index (χ0v) is 12.0. The van der Waals surface area contributed by atoms with E-state index in [0.29, 0.717) is 17.2 Å². The first kappa shape index (κ1) is 14.3. The third-order valence-electron chi connectivity index (χ3n) is 3.12. The maximum atomic E-state index is 11.4. The average Bonchev–Trinajstić information content (AvgIpc) is 2.33. The summed E-state index contributed by atoms with van der Waals surface area (Å²) in [6, 6.07) is 4.86. The molecule has 0 unspecified atom stereocenters. The first-order valence-corrected chi connectivity index (χ1v) is 8.94. The van der Waals surface area contributed by atoms with Crippen molar-refractivity contribution in [2.75, 3.05) is 22.6 Å². The van der Waals surface area contributed by atoms with Crippen molar-refractivity contribution in [1.82, 2.24) is 0 Å². The molecule has 1 aliphatic heterocycles. The van der Waals surface area contributed by atoms with Crippen LogP contribution in [0.4, 0.5) is 11.4 Å². The number of anilines is 2. The minimum atomic E-state index is -3.82. The molecule has 8 heteroatoms. The Bertz CT molecular complexity index is 591. The lowest BCUT2D eigenvalue weighted by Gasteiger charge is -2.24. The molecule has 0 spiro atoms. The fourth-order valence-electron chi connectivity index (χ4n) is 2.08. The van der Waals surface area contributed by atoms with E-state index < -0.39 is 20.8 Å². The number of rotatable bonds is 3. The molecule has 106 valence electrons. The van der Waals surface area contributed by atoms with Gasteiger partial charge in [-0.25, -0.2) is 13.6 Å². The van der Waals surface area contributed by atoms with Gasteiger partial charge in [-0.2, -0.15) is 0 Å². The van der Waals surface area contributed by atoms with Crippen LogP contribution in [-0.2, 0) is 20.8 Å². The smallest absolute Gasteiger partial charge is 0.240 e. The van der Waals surface area contributed by atoms with Gasteiger partial charge in [0.2, 0.25) is 10.0 Å². The maximum Gasteiger partial charge on any atom is 0.240 e. The van der Waals surface area contributed by atoms with Crippen LogP contribution in [0.2, 0.25) is 0 Å². The van der Waals surface area contributed by atoms with Crippen LogP contribution < -0.4 is 16.2 Å². The second-order valence-corrected chi connectivity index (χ2v) is 7.76. The van der Waals surface area contributed by atoms with E-state index >= 15 is 0 Å². The molecule has 1 aliphatic rings. The normalized spacial score (nSPS) is 24.1. The molecule has 0 aromatic heterocycles. The van der Waals surface area contributed by atoms with Crippen LogP contribution in [0.5, 0.6) is 0 Å². The van der Waals surface area contributed by atoms with Gasteiger partial charge in [0.1, 0.15) is 4.90 Å². The van der Waals surface area contributed by atoms with E-state index in [1.165, 1.54) is 6.07 Å². The minimum Gasteiger partial charge on any atom is -0.396 e. The third kappa shape index (κ3) is 3.46. The summed E-state index contributed by atoms with van der Waals surface area (Å²) in [7, 11) is -4.55. The molecule has 19 heavy (non-hydrogen) atoms. The van der Waals surface area contributed by atoms with Gasteiger partial charge in [-0.15, -0.1) is 0 Å². The van der Waals surface area contributed by atoms with Crippen LogP contribution in [-0.4, -0.2) is 30.2 Å². The van der Waals surface area contributed by atoms with E-state index in [-0.39, 0.29) is 16.6 Å². The van der Waals surface area contributed by atoms with Gasteiger partial charge in [0, 0.05) is 28.3 Å². The van der Waals surface area contributed by atoms with Crippen molar-refractivity contribution in [3.05, 3.63) is 18.2 Å². The lowest BCUT2D eigenvalue weighted by Crippen LogP contribution is -2.29. The van der Waals surface area contributed by atoms with Gasteiger partial charge in [0.05, 0.1) is 11.4 Å². The van der Waals surface area contributed by atoms with Crippen LogP contribution in [0.25, 0.3) is 0 Å². The number of hydrogen-bond donors (Lipinski definition) is 3. The molecule has 1 heterocycles. The summed E-state index contributed by atoms with van der Waals surface area (Å²) in [5.74, 6) is 1.32. The van der Waals surface area contributed by atoms with Crippen molar-refractivity contribution in [3.63, 3.8) is 0 Å². The Hall–Kier alpha value is -1.12. The highest BCUT2D eigenvalue weighted by Crippen LogP contribution is 2.27. The molecular formula is C11H17N3O3S2. The highest BCUT2D eigenvalue weighted by molar-refractivity contribution is 7.89. The van der Waals surface area contributed by atoms with E-state index in [0.717, 1.165) is 12.8 Å². The lowest BCUT2D eigenvalue weighted by molar-refractivity contribution is 0.598. The fourth-order valence-corrected chi connectivity index (χ4v) is 4.06. The van der Waals surface area contributed by atoms with Gasteiger partial charge in [0.15, 0.2) is 0 Å². The van der Waals surface area contributed by atoms with Crippen LogP contribution in [0.3, 0.4) is 0 Å². The first-order chi connectivity index (χ1) is 8.88. The predicted molar refractivity (Wildman–Crippen MR) is 76.7 cm³/mol. The Labute approximate surface area is 115 Å². The summed E-state index contributed by atoms with van der Waals surface area (Å²) in [5, 5.41) is 8.30. The Morgan fingerprint density at radius 2 is 1.89 bits per heavy atom. The highest BCUT2D eigenvalue weighted by atomic mass is 32.2. The van der Waals surface area contributed by atoms with Crippen LogP contribution >= 0.6 is 0 Å². The second kappa shape index (κ2) is 5.48. The van der Waals surface area contributed by atoms with Gasteiger partial charge in [-0.05, 0) is 25.0 Å². The summed E-state index contributed by atoms with van der Waals surface area (Å²) >= 11 is 0. The van der Waals surface area contributed by atoms with Crippen molar-refractivity contribution in [1.29, 1.82) is 0 Å². The molecule has 0 atom stereocenters. The fraction of sp³-hybridized carbons (Fsp3) is 0.455. The zero-order valence-electron chi connectivity index (χ0n) is 10.3. The Balaban J connectivity index is 2.20. The molecule has 0 aliphatic carbocycles. The van der Waals surface area contributed by atoms with Crippen LogP contribution in [0, 0.1) is 0 Å². The van der Waals surface area contributed by atoms with Crippen molar-refractivity contribution < 1.29 is 12.6 Å². The first-order valence-electron chi connectivity index (χ1n) is 5.91. The molecule has 1 aromatic rings. The largest absolute Gasteiger partial charge is 0.396 e. The Morgan fingerprint density at radius 1 is 1.26 bits per heavy atom. The number of nitrogen functional groups attached to an aromatic ring is 1. The van der Waals surface area contributed by atoms with E-state index in [9.17, 15) is 12.6 Å². The zero-order chi connectivity index (χ0) is 14.0. The number of para-hydroxylation sites is 1. The lowest BCUT2D eigenvalue weighted by atomic mass is 10.1. The highest BCUT2D eigenvalue weighted by Gasteiger charge is 2.20. The number of nitrogens with two attached hydrogens (primary N) is 2. The van der Waals surface area contributed by atoms with Crippen molar-refractivity contribution in [2.24, 2.45) is 5.14 Å². The standard InChI is InChI=1S/C11H17N3O3S2/c12-11-9(2-1-3-10(11)19(13,16)17)14-8-4-6-18(15)7-5-8/h1-3,8,14H,4-7,12H2,(H2,13,16,17). The summed E-state index contributed by atoms with van der Waals surface area (Å²) in [6.07, 6.45) is 1.57. The molecule has 1 saturated heterocycles. The van der Waals surface area contributed by atoms with Gasteiger partial charge < -0.3 is 11.1 Å². The molecule has 0 bridgehead atoms. The quantitative estimate of drug-likeness (QED) is 0.692. The molecule has 6 nitrogen and oxygen atoms in total. The average molecular weight is 303 g/mol. The molecule has 0 radical (unpaired) electrons. The predicted octanol–water partition coefficient (Wildman–Crippen LogP) is 0.239. The number of sulfonamides is 1. The number of benzene rings is 1. The maximum absolute atomic E-state index is 11.4. The van der Waals surface area contributed by atoms with Crippen molar-refractivity contribution in [3.8, 4) is 0 Å². The molecule has 0 amide bonds. The molecule has 1 fully saturated rings. The van der Waals surface area contributed by atoms with Crippen LogP contribution in [0.1, 0.15) is 12.8 Å². The number of primary sulfonamides is 1. The monoisotopic (exact) mass is 303 g/mol. The van der Waals surface area contributed by atoms with E-state index in [1.807, 2.05) is 0 Å². The van der Waals surface area contributed by atoms with E-state index in [2.05, 4.69) is 5.32 Å². The molecule has 2 rings (SSSR count). The van der Waals surface area contributed by atoms with Crippen molar-refractivity contribution >= 4 is 32.2 Å². The third-order valence-corrected chi connectivity index (χ3v) is 5.47. The van der Waals surface area contributed by atoms with Gasteiger partial charge >= 0.3 is 0 Å². The summed E-state index contributed by atoms with van der Waals surface area (Å²) in [4.78, 5) is -0.0723. The van der Waals surface area contributed by atoms with Crippen LogP contribution in [0.15, 0.2) is 23.1 Å². The van der Waals surface area contributed by atoms with Gasteiger partial charge in [-0.1, -0.05) is 6.07 Å². The number of nitrogens with one attached hydrogen (secondary N) is 1. The second-order valence-electron chi connectivity index (χ2n) is 4.53. The molecular weight excluding hydrogens is 286 g/mol. The number of hydrogen-bond acceptors (Lipinski definition) is 5. The summed E-state index contributed by atoms with van der Waals surface area (Å²) in [6.45, 7) is 0. The Morgan fingerprint density at radius 3 is 2.47 bits per heavy atom. The van der Waals surface area contributed by atoms with Gasteiger partial charge in [0.25, 0.3) is 0 Å². The molecule has 5 N–H and O–H groups in total. The van der Waals surface area contributed by atoms with E-state index in [4.69, 9.17) is 10.9 Å². The van der Waals surface area contributed by atoms with Gasteiger partial charge in [-0.3, -0.25) is 4.21 Å². The molecule has 0 saturated carbocycles.